The lowest BCUT2D eigenvalue weighted by Crippen LogP contribution is -2.50. The van der Waals surface area contributed by atoms with Crippen molar-refractivity contribution in [3.05, 3.63) is 30.0 Å². The van der Waals surface area contributed by atoms with E-state index >= 15 is 0 Å². The van der Waals surface area contributed by atoms with Crippen LogP contribution in [0, 0.1) is 11.8 Å². The number of aromatic nitrogens is 4. The summed E-state index contributed by atoms with van der Waals surface area (Å²) in [6.07, 6.45) is 8.12. The number of nitrogens with one attached hydrogen (secondary N) is 1. The molecule has 11 heteroatoms. The second kappa shape index (κ2) is 12.7. The number of anilines is 3. The Hall–Kier alpha value is -3.60. The molecule has 5 rings (SSSR count). The Balaban J connectivity index is 1.22. The van der Waals surface area contributed by atoms with E-state index in [-0.39, 0.29) is 11.9 Å². The molecule has 1 saturated carbocycles. The number of hydrogen-bond acceptors (Lipinski definition) is 9. The molecule has 11 nitrogen and oxygen atoms in total. The lowest BCUT2D eigenvalue weighted by molar-refractivity contribution is -0.137. The van der Waals surface area contributed by atoms with Crippen LogP contribution in [0.3, 0.4) is 0 Å². The molecule has 216 valence electrons. The monoisotopic (exact) mass is 549 g/mol. The molecule has 0 bridgehead atoms. The number of carbonyl (C=O) groups excluding carboxylic acids is 1. The number of nitrogens with zero attached hydrogens (tertiary/aromatic N) is 6. The third-order valence-electron chi connectivity index (χ3n) is 8.34. The van der Waals surface area contributed by atoms with Gasteiger partial charge in [0.15, 0.2) is 11.3 Å². The summed E-state index contributed by atoms with van der Waals surface area (Å²) in [5, 5.41) is 8.09. The van der Waals surface area contributed by atoms with Crippen LogP contribution >= 0.6 is 0 Å². The third kappa shape index (κ3) is 6.24. The van der Waals surface area contributed by atoms with Crippen molar-refractivity contribution in [3.63, 3.8) is 0 Å². The van der Waals surface area contributed by atoms with E-state index in [1.54, 1.807) is 7.11 Å². The van der Waals surface area contributed by atoms with E-state index in [4.69, 9.17) is 21.3 Å². The highest BCUT2D eigenvalue weighted by Gasteiger charge is 2.31. The van der Waals surface area contributed by atoms with Crippen molar-refractivity contribution in [1.82, 2.24) is 24.6 Å². The molecule has 1 aliphatic carbocycles. The van der Waals surface area contributed by atoms with Crippen LogP contribution in [0.1, 0.15) is 51.0 Å². The van der Waals surface area contributed by atoms with E-state index < -0.39 is 0 Å². The lowest BCUT2D eigenvalue weighted by Gasteiger charge is -2.39. The van der Waals surface area contributed by atoms with Gasteiger partial charge in [0.25, 0.3) is 0 Å². The van der Waals surface area contributed by atoms with Gasteiger partial charge in [-0.05, 0) is 50.6 Å². The minimum Gasteiger partial charge on any atom is -0.496 e. The second-order valence-corrected chi connectivity index (χ2v) is 11.0. The summed E-state index contributed by atoms with van der Waals surface area (Å²) in [6, 6.07) is 6.30. The number of benzene rings is 1. The van der Waals surface area contributed by atoms with E-state index in [0.717, 1.165) is 94.8 Å². The van der Waals surface area contributed by atoms with Crippen molar-refractivity contribution in [1.29, 1.82) is 0 Å². The Bertz CT molecular complexity index is 1290. The van der Waals surface area contributed by atoms with Gasteiger partial charge in [0.1, 0.15) is 11.3 Å². The van der Waals surface area contributed by atoms with Crippen LogP contribution in [-0.2, 0) is 11.3 Å². The Labute approximate surface area is 236 Å². The smallest absolute Gasteiger partial charge is 0.225 e. The van der Waals surface area contributed by atoms with Gasteiger partial charge >= 0.3 is 0 Å². The van der Waals surface area contributed by atoms with E-state index in [1.165, 1.54) is 0 Å². The minimum absolute atomic E-state index is 0.165. The molecule has 0 spiro atoms. The van der Waals surface area contributed by atoms with Gasteiger partial charge in [-0.25, -0.2) is 4.98 Å². The molecule has 5 N–H and O–H groups in total. The Morgan fingerprint density at radius 3 is 2.60 bits per heavy atom. The number of piperazine rings is 1. The highest BCUT2D eigenvalue weighted by atomic mass is 16.5. The maximum Gasteiger partial charge on any atom is 0.225 e. The van der Waals surface area contributed by atoms with Crippen molar-refractivity contribution in [2.24, 2.45) is 17.6 Å². The predicted molar refractivity (Wildman–Crippen MR) is 159 cm³/mol. The molecule has 3 aromatic rings. The van der Waals surface area contributed by atoms with Gasteiger partial charge in [-0.3, -0.25) is 9.48 Å². The number of carbonyl (C=O) groups is 1. The number of amides is 1. The molecule has 2 aromatic heterocycles. The number of unbranched alkanes of at least 4 members (excludes halogenated alkanes) is 1. The Morgan fingerprint density at radius 2 is 1.90 bits per heavy atom. The number of nitrogens with two attached hydrogens (primary N) is 2. The van der Waals surface area contributed by atoms with Gasteiger partial charge in [-0.1, -0.05) is 19.4 Å². The summed E-state index contributed by atoms with van der Waals surface area (Å²) in [7, 11) is 1.69. The zero-order valence-electron chi connectivity index (χ0n) is 23.8. The average molecular weight is 550 g/mol. The molecule has 0 unspecified atom stereocenters. The topological polar surface area (TPSA) is 140 Å². The number of methoxy groups -OCH3 is 1. The van der Waals surface area contributed by atoms with Crippen LogP contribution in [0.4, 0.5) is 17.5 Å². The lowest BCUT2D eigenvalue weighted by atomic mass is 9.81. The summed E-state index contributed by atoms with van der Waals surface area (Å²) in [5.41, 5.74) is 15.3. The van der Waals surface area contributed by atoms with Crippen molar-refractivity contribution in [3.8, 4) is 5.75 Å². The molecular formula is C29H43N9O2. The van der Waals surface area contributed by atoms with Crippen LogP contribution < -0.4 is 26.4 Å². The molecule has 40 heavy (non-hydrogen) atoms. The van der Waals surface area contributed by atoms with Gasteiger partial charge in [0, 0.05) is 56.0 Å². The number of fused-ring (bicyclic) bond motifs is 1. The maximum absolute atomic E-state index is 13.1. The zero-order valence-corrected chi connectivity index (χ0v) is 23.8. The first-order valence-corrected chi connectivity index (χ1v) is 14.6. The fourth-order valence-electron chi connectivity index (χ4n) is 5.89. The van der Waals surface area contributed by atoms with Crippen LogP contribution in [0.15, 0.2) is 24.4 Å². The second-order valence-electron chi connectivity index (χ2n) is 11.0. The molecule has 2 aliphatic rings. The van der Waals surface area contributed by atoms with Crippen molar-refractivity contribution < 1.29 is 9.53 Å². The quantitative estimate of drug-likeness (QED) is 0.325. The van der Waals surface area contributed by atoms with E-state index in [9.17, 15) is 4.79 Å². The molecule has 2 fully saturated rings. The SMILES string of the molecule is CCCCNc1nc(N)nc2cn(Cc3ccc(N4CCN(C(=O)[C@H]5CC[C@H](CN)CC5)CC4)cc3OC)nc12. The molecule has 0 radical (unpaired) electrons. The maximum atomic E-state index is 13.1. The largest absolute Gasteiger partial charge is 0.496 e. The van der Waals surface area contributed by atoms with E-state index in [2.05, 4.69) is 50.2 Å². The zero-order chi connectivity index (χ0) is 28.1. The first-order chi connectivity index (χ1) is 19.5. The molecular weight excluding hydrogens is 506 g/mol. The van der Waals surface area contributed by atoms with Gasteiger partial charge < -0.3 is 31.3 Å². The first kappa shape index (κ1) is 27.9. The normalized spacial score (nSPS) is 19.7. The number of ether oxygens (including phenoxy) is 1. The Morgan fingerprint density at radius 1 is 1.12 bits per heavy atom. The summed E-state index contributed by atoms with van der Waals surface area (Å²) in [4.78, 5) is 26.2. The number of hydrogen-bond donors (Lipinski definition) is 3. The van der Waals surface area contributed by atoms with Crippen LogP contribution in [0.2, 0.25) is 0 Å². The summed E-state index contributed by atoms with van der Waals surface area (Å²) >= 11 is 0. The third-order valence-corrected chi connectivity index (χ3v) is 8.34. The van der Waals surface area contributed by atoms with Crippen LogP contribution in [0.25, 0.3) is 11.0 Å². The van der Waals surface area contributed by atoms with Gasteiger partial charge in [0.05, 0.1) is 19.9 Å². The van der Waals surface area contributed by atoms with Crippen molar-refractivity contribution in [2.75, 3.05) is 62.3 Å². The van der Waals surface area contributed by atoms with Crippen molar-refractivity contribution >= 4 is 34.4 Å². The van der Waals surface area contributed by atoms with Crippen LogP contribution in [-0.4, -0.2) is 76.9 Å². The molecule has 0 atom stereocenters. The molecule has 1 aliphatic heterocycles. The van der Waals surface area contributed by atoms with Crippen molar-refractivity contribution in [2.45, 2.75) is 52.0 Å². The fourth-order valence-corrected chi connectivity index (χ4v) is 5.89. The highest BCUT2D eigenvalue weighted by molar-refractivity contribution is 5.85. The number of rotatable bonds is 10. The molecule has 3 heterocycles. The van der Waals surface area contributed by atoms with E-state index in [0.29, 0.717) is 35.2 Å². The van der Waals surface area contributed by atoms with Gasteiger partial charge in [-0.2, -0.15) is 10.1 Å². The Kier molecular flexibility index (Phi) is 8.88. The summed E-state index contributed by atoms with van der Waals surface area (Å²) in [6.45, 7) is 7.34. The van der Waals surface area contributed by atoms with Gasteiger partial charge in [0.2, 0.25) is 11.9 Å². The first-order valence-electron chi connectivity index (χ1n) is 14.6. The molecule has 1 saturated heterocycles. The summed E-state index contributed by atoms with van der Waals surface area (Å²) in [5.74, 6) is 2.78. The summed E-state index contributed by atoms with van der Waals surface area (Å²) < 4.78 is 7.64. The van der Waals surface area contributed by atoms with Gasteiger partial charge in [-0.15, -0.1) is 0 Å². The molecule has 1 amide bonds. The highest BCUT2D eigenvalue weighted by Crippen LogP contribution is 2.31. The number of nitrogen functional groups attached to an aromatic ring is 1. The molecule has 1 aromatic carbocycles. The van der Waals surface area contributed by atoms with Crippen LogP contribution in [0.5, 0.6) is 5.75 Å². The minimum atomic E-state index is 0.165. The standard InChI is InChI=1S/C29H43N9O2/c1-3-4-11-32-27-26-24(33-29(31)34-27)19-38(35-26)18-22-9-10-23(16-25(22)40-2)36-12-14-37(15-13-36)28(39)21-7-5-20(17-30)6-8-21/h9-10,16,19-21H,3-8,11-15,17-18,30H2,1-2H3,(H3,31,32,33,34)/t20-,21-. The average Bonchev–Trinajstić information content (AvgIpc) is 3.39. The predicted octanol–water partition coefficient (Wildman–Crippen LogP) is 3.09. The fraction of sp³-hybridized carbons (Fsp3) is 0.586. The van der Waals surface area contributed by atoms with E-state index in [1.807, 2.05) is 10.9 Å².